The van der Waals surface area contributed by atoms with Crippen LogP contribution in [0.25, 0.3) is 0 Å². The third-order valence-electron chi connectivity index (χ3n) is 2.63. The molecule has 1 aromatic heterocycles. The summed E-state index contributed by atoms with van der Waals surface area (Å²) in [5.41, 5.74) is 0. The fraction of sp³-hybridized carbons (Fsp3) is 0.667. The molecule has 2 atom stereocenters. The molecule has 0 radical (unpaired) electrons. The van der Waals surface area contributed by atoms with Gasteiger partial charge in [-0.05, 0) is 19.6 Å². The van der Waals surface area contributed by atoms with E-state index in [2.05, 4.69) is 22.2 Å². The molecule has 1 aromatic rings. The van der Waals surface area contributed by atoms with E-state index in [-0.39, 0.29) is 17.9 Å². The maximum atomic E-state index is 9.25. The quantitative estimate of drug-likeness (QED) is 0.756. The molecule has 6 heteroatoms. The van der Waals surface area contributed by atoms with Crippen molar-refractivity contribution in [2.45, 2.75) is 38.0 Å². The third kappa shape index (κ3) is 4.63. The molecule has 0 aromatic carbocycles. The van der Waals surface area contributed by atoms with E-state index in [4.69, 9.17) is 11.6 Å². The lowest BCUT2D eigenvalue weighted by Gasteiger charge is -2.22. The summed E-state index contributed by atoms with van der Waals surface area (Å²) in [6.45, 7) is 4.23. The molecule has 102 valence electrons. The third-order valence-corrected chi connectivity index (χ3v) is 3.99. The van der Waals surface area contributed by atoms with Crippen LogP contribution in [0.3, 0.4) is 0 Å². The lowest BCUT2D eigenvalue weighted by Crippen LogP contribution is -2.31. The highest BCUT2D eigenvalue weighted by Gasteiger charge is 2.16. The van der Waals surface area contributed by atoms with Crippen molar-refractivity contribution in [3.8, 4) is 0 Å². The molecule has 0 aliphatic rings. The number of anilines is 1. The molecule has 0 fully saturated rings. The molecule has 4 nitrogen and oxygen atoms in total. The largest absolute Gasteiger partial charge is 0.395 e. The number of aliphatic hydroxyl groups is 1. The minimum absolute atomic E-state index is 0.116. The first-order valence-electron chi connectivity index (χ1n) is 6.04. The maximum Gasteiger partial charge on any atom is 0.134 e. The molecule has 0 bridgehead atoms. The summed E-state index contributed by atoms with van der Waals surface area (Å²) in [5, 5.41) is 13.1. The summed E-state index contributed by atoms with van der Waals surface area (Å²) in [6, 6.07) is 1.83. The van der Waals surface area contributed by atoms with Crippen molar-refractivity contribution in [2.75, 3.05) is 18.2 Å². The van der Waals surface area contributed by atoms with Crippen LogP contribution in [0, 0.1) is 0 Å². The van der Waals surface area contributed by atoms with E-state index in [0.717, 1.165) is 24.5 Å². The molecule has 2 N–H and O–H groups in total. The zero-order valence-electron chi connectivity index (χ0n) is 11.0. The lowest BCUT2D eigenvalue weighted by molar-refractivity contribution is 0.288. The summed E-state index contributed by atoms with van der Waals surface area (Å²) < 4.78 is 0. The number of hydrogen-bond acceptors (Lipinski definition) is 5. The Kier molecular flexibility index (Phi) is 6.75. The number of thioether (sulfide) groups is 1. The summed E-state index contributed by atoms with van der Waals surface area (Å²) >= 11 is 7.60. The normalized spacial score (nSPS) is 14.3. The average Bonchev–Trinajstić information content (AvgIpc) is 2.30. The summed E-state index contributed by atoms with van der Waals surface area (Å²) in [5.74, 6) is 1.47. The number of aromatic nitrogens is 2. The van der Waals surface area contributed by atoms with Crippen molar-refractivity contribution in [2.24, 2.45) is 0 Å². The first-order chi connectivity index (χ1) is 8.60. The molecule has 0 aliphatic heterocycles. The van der Waals surface area contributed by atoms with Crippen LogP contribution in [0.1, 0.15) is 26.1 Å². The second-order valence-corrected chi connectivity index (χ2v) is 5.60. The van der Waals surface area contributed by atoms with Gasteiger partial charge in [0.1, 0.15) is 16.8 Å². The first-order valence-corrected chi connectivity index (χ1v) is 7.71. The van der Waals surface area contributed by atoms with E-state index in [1.165, 1.54) is 0 Å². The number of rotatable bonds is 7. The van der Waals surface area contributed by atoms with Gasteiger partial charge in [-0.15, -0.1) is 0 Å². The monoisotopic (exact) mass is 289 g/mol. The van der Waals surface area contributed by atoms with Gasteiger partial charge in [-0.25, -0.2) is 9.97 Å². The number of halogens is 1. The Hall–Kier alpha value is -0.520. The number of nitrogens with one attached hydrogen (secondary N) is 1. The zero-order chi connectivity index (χ0) is 13.5. The minimum Gasteiger partial charge on any atom is -0.395 e. The SMILES string of the molecule is CCCc1nc(Cl)cc(NC(C)C(CO)SC)n1. The van der Waals surface area contributed by atoms with Gasteiger partial charge in [-0.2, -0.15) is 11.8 Å². The number of aryl methyl sites for hydroxylation is 1. The molecule has 1 rings (SSSR count). The molecule has 2 unspecified atom stereocenters. The number of hydrogen-bond donors (Lipinski definition) is 2. The Morgan fingerprint density at radius 2 is 2.22 bits per heavy atom. The molecule has 1 heterocycles. The van der Waals surface area contributed by atoms with Crippen LogP contribution in [0.15, 0.2) is 6.07 Å². The summed E-state index contributed by atoms with van der Waals surface area (Å²) in [7, 11) is 0. The van der Waals surface area contributed by atoms with Crippen LogP contribution in [-0.2, 0) is 6.42 Å². The Morgan fingerprint density at radius 3 is 2.78 bits per heavy atom. The van der Waals surface area contributed by atoms with Crippen molar-refractivity contribution in [1.29, 1.82) is 0 Å². The van der Waals surface area contributed by atoms with Gasteiger partial charge in [-0.1, -0.05) is 18.5 Å². The highest BCUT2D eigenvalue weighted by atomic mass is 35.5. The first kappa shape index (κ1) is 15.5. The lowest BCUT2D eigenvalue weighted by atomic mass is 10.2. The average molecular weight is 290 g/mol. The molecule has 0 amide bonds. The molecule has 18 heavy (non-hydrogen) atoms. The van der Waals surface area contributed by atoms with Crippen LogP contribution in [0.4, 0.5) is 5.82 Å². The standard InChI is InChI=1S/C12H20ClN3OS/c1-4-5-11-15-10(13)6-12(16-11)14-8(2)9(7-17)18-3/h6,8-9,17H,4-5,7H2,1-3H3,(H,14,15,16). The molecule has 0 spiro atoms. The van der Waals surface area contributed by atoms with Crippen LogP contribution in [-0.4, -0.2) is 39.2 Å². The van der Waals surface area contributed by atoms with Gasteiger partial charge < -0.3 is 10.4 Å². The number of aliphatic hydroxyl groups excluding tert-OH is 1. The van der Waals surface area contributed by atoms with Gasteiger partial charge in [0.05, 0.1) is 6.61 Å². The van der Waals surface area contributed by atoms with E-state index < -0.39 is 0 Å². The molecule has 0 aliphatic carbocycles. The topological polar surface area (TPSA) is 58.0 Å². The zero-order valence-corrected chi connectivity index (χ0v) is 12.6. The minimum atomic E-state index is 0.116. The van der Waals surface area contributed by atoms with Crippen LogP contribution >= 0.6 is 23.4 Å². The highest BCUT2D eigenvalue weighted by molar-refractivity contribution is 7.99. The predicted molar refractivity (Wildman–Crippen MR) is 78.5 cm³/mol. The van der Waals surface area contributed by atoms with Gasteiger partial charge in [-0.3, -0.25) is 0 Å². The van der Waals surface area contributed by atoms with Gasteiger partial charge in [0.2, 0.25) is 0 Å². The van der Waals surface area contributed by atoms with E-state index in [9.17, 15) is 5.11 Å². The molecule has 0 saturated heterocycles. The van der Waals surface area contributed by atoms with Crippen molar-refractivity contribution in [1.82, 2.24) is 9.97 Å². The fourth-order valence-corrected chi connectivity index (χ4v) is 2.46. The molecule has 0 saturated carbocycles. The second-order valence-electron chi connectivity index (χ2n) is 4.13. The van der Waals surface area contributed by atoms with E-state index in [1.807, 2.05) is 13.2 Å². The van der Waals surface area contributed by atoms with Crippen molar-refractivity contribution >= 4 is 29.2 Å². The smallest absolute Gasteiger partial charge is 0.134 e. The molecular weight excluding hydrogens is 270 g/mol. The summed E-state index contributed by atoms with van der Waals surface area (Å²) in [4.78, 5) is 8.59. The van der Waals surface area contributed by atoms with Gasteiger partial charge >= 0.3 is 0 Å². The predicted octanol–water partition coefficient (Wildman–Crippen LogP) is 2.61. The Bertz CT molecular complexity index is 374. The van der Waals surface area contributed by atoms with E-state index >= 15 is 0 Å². The van der Waals surface area contributed by atoms with E-state index in [1.54, 1.807) is 17.8 Å². The van der Waals surface area contributed by atoms with Gasteiger partial charge in [0.25, 0.3) is 0 Å². The fourth-order valence-electron chi connectivity index (χ4n) is 1.64. The Morgan fingerprint density at radius 1 is 1.50 bits per heavy atom. The van der Waals surface area contributed by atoms with Crippen molar-refractivity contribution in [3.05, 3.63) is 17.0 Å². The van der Waals surface area contributed by atoms with Crippen LogP contribution < -0.4 is 5.32 Å². The number of nitrogens with zero attached hydrogens (tertiary/aromatic N) is 2. The van der Waals surface area contributed by atoms with E-state index in [0.29, 0.717) is 5.15 Å². The Labute approximate surface area is 118 Å². The second kappa shape index (κ2) is 7.81. The van der Waals surface area contributed by atoms with Crippen LogP contribution in [0.2, 0.25) is 5.15 Å². The van der Waals surface area contributed by atoms with Crippen molar-refractivity contribution in [3.63, 3.8) is 0 Å². The van der Waals surface area contributed by atoms with Gasteiger partial charge in [0.15, 0.2) is 0 Å². The maximum absolute atomic E-state index is 9.25. The summed E-state index contributed by atoms with van der Waals surface area (Å²) in [6.07, 6.45) is 3.78. The van der Waals surface area contributed by atoms with Crippen LogP contribution in [0.5, 0.6) is 0 Å². The Balaban J connectivity index is 2.77. The molecular formula is C12H20ClN3OS. The van der Waals surface area contributed by atoms with Gasteiger partial charge in [0, 0.05) is 23.8 Å². The van der Waals surface area contributed by atoms with Crippen molar-refractivity contribution < 1.29 is 5.11 Å². The highest BCUT2D eigenvalue weighted by Crippen LogP contribution is 2.17.